The van der Waals surface area contributed by atoms with E-state index in [4.69, 9.17) is 11.5 Å². The summed E-state index contributed by atoms with van der Waals surface area (Å²) in [6.45, 7) is 7.38. The highest BCUT2D eigenvalue weighted by Gasteiger charge is 2.12. The molecule has 0 aliphatic carbocycles. The van der Waals surface area contributed by atoms with Crippen LogP contribution in [0.2, 0.25) is 0 Å². The quantitative estimate of drug-likeness (QED) is 0.778. The standard InChI is InChI=1S/C8H10BrN.C5H11NO2/c1-2-6-7(9)4-3-5-8(6)10;1-5(2,3)8-4(6)7/h3-5H,2,10H2,1H3;1-3H3,(H2,6,7). The Kier molecular flexibility index (Phi) is 6.76. The Bertz CT molecular complexity index is 380. The third kappa shape index (κ3) is 7.17. The summed E-state index contributed by atoms with van der Waals surface area (Å²) in [6, 6.07) is 5.87. The van der Waals surface area contributed by atoms with E-state index in [-0.39, 0.29) is 0 Å². The molecule has 0 aromatic heterocycles. The maximum absolute atomic E-state index is 10.0. The molecule has 0 heterocycles. The van der Waals surface area contributed by atoms with Crippen LogP contribution in [0.1, 0.15) is 33.3 Å². The molecular weight excluding hydrogens is 296 g/mol. The van der Waals surface area contributed by atoms with E-state index in [1.165, 1.54) is 5.56 Å². The lowest BCUT2D eigenvalue weighted by molar-refractivity contribution is 0.0600. The summed E-state index contributed by atoms with van der Waals surface area (Å²) < 4.78 is 5.68. The number of nitrogens with two attached hydrogens (primary N) is 2. The maximum Gasteiger partial charge on any atom is 0.405 e. The van der Waals surface area contributed by atoms with E-state index < -0.39 is 11.7 Å². The number of hydrogen-bond donors (Lipinski definition) is 2. The summed E-state index contributed by atoms with van der Waals surface area (Å²) in [7, 11) is 0. The fourth-order valence-electron chi connectivity index (χ4n) is 1.25. The number of carbonyl (C=O) groups is 1. The highest BCUT2D eigenvalue weighted by Crippen LogP contribution is 2.22. The second-order valence-corrected chi connectivity index (χ2v) is 5.55. The molecule has 5 heteroatoms. The molecule has 0 atom stereocenters. The highest BCUT2D eigenvalue weighted by atomic mass is 79.9. The van der Waals surface area contributed by atoms with Gasteiger partial charge in [0.1, 0.15) is 5.60 Å². The monoisotopic (exact) mass is 316 g/mol. The van der Waals surface area contributed by atoms with Gasteiger partial charge in [-0.05, 0) is 44.9 Å². The average molecular weight is 317 g/mol. The second kappa shape index (κ2) is 7.26. The molecule has 0 radical (unpaired) electrons. The number of benzene rings is 1. The third-order valence-electron chi connectivity index (χ3n) is 1.92. The van der Waals surface area contributed by atoms with Crippen molar-refractivity contribution >= 4 is 27.7 Å². The largest absolute Gasteiger partial charge is 0.444 e. The first-order chi connectivity index (χ1) is 8.17. The molecule has 18 heavy (non-hydrogen) atoms. The van der Waals surface area contributed by atoms with Gasteiger partial charge in [-0.2, -0.15) is 0 Å². The Morgan fingerprint density at radius 3 is 2.17 bits per heavy atom. The van der Waals surface area contributed by atoms with Crippen LogP contribution in [0.25, 0.3) is 0 Å². The topological polar surface area (TPSA) is 78.3 Å². The molecule has 4 nitrogen and oxygen atoms in total. The molecule has 0 fully saturated rings. The number of hydrogen-bond acceptors (Lipinski definition) is 3. The molecule has 0 saturated heterocycles. The molecule has 1 rings (SSSR count). The first-order valence-corrected chi connectivity index (χ1v) is 6.48. The number of halogens is 1. The van der Waals surface area contributed by atoms with Crippen LogP contribution in [0.3, 0.4) is 0 Å². The number of nitrogen functional groups attached to an aromatic ring is 1. The van der Waals surface area contributed by atoms with Crippen molar-refractivity contribution in [2.75, 3.05) is 5.73 Å². The Balaban J connectivity index is 0.000000331. The molecule has 0 bridgehead atoms. The van der Waals surface area contributed by atoms with E-state index in [0.717, 1.165) is 16.6 Å². The molecule has 4 N–H and O–H groups in total. The van der Waals surface area contributed by atoms with Gasteiger partial charge in [0.2, 0.25) is 0 Å². The van der Waals surface area contributed by atoms with E-state index in [1.807, 2.05) is 18.2 Å². The van der Waals surface area contributed by atoms with Crippen molar-refractivity contribution in [3.63, 3.8) is 0 Å². The molecule has 1 aromatic carbocycles. The Labute approximate surface area is 117 Å². The summed E-state index contributed by atoms with van der Waals surface area (Å²) in [4.78, 5) is 10.0. The fraction of sp³-hybridized carbons (Fsp3) is 0.462. The Morgan fingerprint density at radius 1 is 1.39 bits per heavy atom. The van der Waals surface area contributed by atoms with Crippen LogP contribution in [0.4, 0.5) is 10.5 Å². The molecule has 1 amide bonds. The highest BCUT2D eigenvalue weighted by molar-refractivity contribution is 9.10. The molecule has 0 spiro atoms. The van der Waals surface area contributed by atoms with Crippen molar-refractivity contribution in [1.29, 1.82) is 0 Å². The van der Waals surface area contributed by atoms with Crippen molar-refractivity contribution in [2.24, 2.45) is 5.73 Å². The summed E-state index contributed by atoms with van der Waals surface area (Å²) in [5.74, 6) is 0. The van der Waals surface area contributed by atoms with Crippen molar-refractivity contribution in [2.45, 2.75) is 39.7 Å². The summed E-state index contributed by atoms with van der Waals surface area (Å²) >= 11 is 3.43. The lowest BCUT2D eigenvalue weighted by Gasteiger charge is -2.16. The Hall–Kier alpha value is -1.23. The normalized spacial score (nSPS) is 10.3. The zero-order valence-corrected chi connectivity index (χ0v) is 12.9. The van der Waals surface area contributed by atoms with E-state index in [9.17, 15) is 4.79 Å². The lowest BCUT2D eigenvalue weighted by Crippen LogP contribution is -2.27. The molecule has 0 unspecified atom stereocenters. The van der Waals surface area contributed by atoms with E-state index >= 15 is 0 Å². The second-order valence-electron chi connectivity index (χ2n) is 4.69. The molecule has 1 aromatic rings. The van der Waals surface area contributed by atoms with Crippen LogP contribution in [0, 0.1) is 0 Å². The minimum Gasteiger partial charge on any atom is -0.444 e. The van der Waals surface area contributed by atoms with Gasteiger partial charge in [0.25, 0.3) is 0 Å². The van der Waals surface area contributed by atoms with Gasteiger partial charge in [-0.15, -0.1) is 0 Å². The number of rotatable bonds is 1. The minimum absolute atomic E-state index is 0.453. The first kappa shape index (κ1) is 16.8. The SMILES string of the molecule is CC(C)(C)OC(N)=O.CCc1c(N)cccc1Br. The van der Waals surface area contributed by atoms with Crippen LogP contribution < -0.4 is 11.5 Å². The van der Waals surface area contributed by atoms with Crippen molar-refractivity contribution in [3.05, 3.63) is 28.2 Å². The van der Waals surface area contributed by atoms with Gasteiger partial charge in [0.05, 0.1) is 0 Å². The zero-order valence-electron chi connectivity index (χ0n) is 11.3. The zero-order chi connectivity index (χ0) is 14.3. The van der Waals surface area contributed by atoms with Gasteiger partial charge in [-0.3, -0.25) is 0 Å². The van der Waals surface area contributed by atoms with Crippen LogP contribution in [0.15, 0.2) is 22.7 Å². The fourth-order valence-corrected chi connectivity index (χ4v) is 1.91. The number of primary amides is 1. The predicted octanol–water partition coefficient (Wildman–Crippen LogP) is 3.47. The minimum atomic E-state index is -0.725. The summed E-state index contributed by atoms with van der Waals surface area (Å²) in [6.07, 6.45) is 0.255. The van der Waals surface area contributed by atoms with Crippen LogP contribution in [-0.4, -0.2) is 11.7 Å². The first-order valence-electron chi connectivity index (χ1n) is 5.68. The maximum atomic E-state index is 10.0. The molecule has 102 valence electrons. The van der Waals surface area contributed by atoms with Crippen molar-refractivity contribution < 1.29 is 9.53 Å². The van der Waals surface area contributed by atoms with Crippen LogP contribution >= 0.6 is 15.9 Å². The van der Waals surface area contributed by atoms with E-state index in [1.54, 1.807) is 20.8 Å². The van der Waals surface area contributed by atoms with E-state index in [2.05, 4.69) is 27.6 Å². The number of amides is 1. The number of ether oxygens (including phenoxy) is 1. The number of carbonyl (C=O) groups excluding carboxylic acids is 1. The van der Waals surface area contributed by atoms with Gasteiger partial charge in [-0.1, -0.05) is 28.9 Å². The van der Waals surface area contributed by atoms with Gasteiger partial charge in [0.15, 0.2) is 0 Å². The molecule has 0 aliphatic rings. The Morgan fingerprint density at radius 2 is 1.94 bits per heavy atom. The summed E-state index contributed by atoms with van der Waals surface area (Å²) in [5, 5.41) is 0. The van der Waals surface area contributed by atoms with Crippen molar-refractivity contribution in [3.8, 4) is 0 Å². The van der Waals surface area contributed by atoms with Crippen molar-refractivity contribution in [1.82, 2.24) is 0 Å². The average Bonchev–Trinajstić information content (AvgIpc) is 2.14. The third-order valence-corrected chi connectivity index (χ3v) is 2.66. The van der Waals surface area contributed by atoms with Gasteiger partial charge < -0.3 is 16.2 Å². The molecule has 0 aliphatic heterocycles. The molecule has 0 saturated carbocycles. The number of anilines is 1. The van der Waals surface area contributed by atoms with Gasteiger partial charge in [-0.25, -0.2) is 4.79 Å². The van der Waals surface area contributed by atoms with Gasteiger partial charge in [0, 0.05) is 10.2 Å². The predicted molar refractivity (Wildman–Crippen MR) is 78.4 cm³/mol. The lowest BCUT2D eigenvalue weighted by atomic mass is 10.1. The van der Waals surface area contributed by atoms with Gasteiger partial charge >= 0.3 is 6.09 Å². The van der Waals surface area contributed by atoms with E-state index in [0.29, 0.717) is 0 Å². The van der Waals surface area contributed by atoms with Crippen LogP contribution in [-0.2, 0) is 11.2 Å². The smallest absolute Gasteiger partial charge is 0.405 e. The van der Waals surface area contributed by atoms with Crippen LogP contribution in [0.5, 0.6) is 0 Å². The summed E-state index contributed by atoms with van der Waals surface area (Å²) in [5.41, 5.74) is 12.0. The molecular formula is C13H21BrN2O2.